The van der Waals surface area contributed by atoms with E-state index in [0.717, 1.165) is 11.5 Å². The molecular weight excluding hydrogens is 238 g/mol. The molecule has 1 aliphatic rings. The standard InChI is InChI=1S/C16H25NO2/c1-3-18-14-10-9-13(11-15(14)19-4-2)16(17)12-7-5-6-8-12/h9-12,16H,3-8,17H2,1-2H3. The number of rotatable bonds is 6. The fourth-order valence-corrected chi connectivity index (χ4v) is 2.86. The monoisotopic (exact) mass is 263 g/mol. The highest BCUT2D eigenvalue weighted by Gasteiger charge is 2.24. The van der Waals surface area contributed by atoms with Gasteiger partial charge in [-0.25, -0.2) is 0 Å². The van der Waals surface area contributed by atoms with Crippen molar-refractivity contribution in [1.29, 1.82) is 0 Å². The molecule has 0 spiro atoms. The quantitative estimate of drug-likeness (QED) is 0.851. The second kappa shape index (κ2) is 6.80. The van der Waals surface area contributed by atoms with E-state index < -0.39 is 0 Å². The first-order valence-electron chi connectivity index (χ1n) is 7.41. The van der Waals surface area contributed by atoms with E-state index >= 15 is 0 Å². The van der Waals surface area contributed by atoms with E-state index in [1.807, 2.05) is 19.9 Å². The van der Waals surface area contributed by atoms with Crippen molar-refractivity contribution >= 4 is 0 Å². The number of nitrogens with two attached hydrogens (primary N) is 1. The highest BCUT2D eigenvalue weighted by atomic mass is 16.5. The molecule has 1 aromatic rings. The molecule has 19 heavy (non-hydrogen) atoms. The molecule has 3 heteroatoms. The lowest BCUT2D eigenvalue weighted by atomic mass is 9.92. The van der Waals surface area contributed by atoms with Gasteiger partial charge >= 0.3 is 0 Å². The minimum absolute atomic E-state index is 0.123. The Morgan fingerprint density at radius 3 is 2.37 bits per heavy atom. The molecule has 0 amide bonds. The topological polar surface area (TPSA) is 44.5 Å². The molecule has 0 bridgehead atoms. The van der Waals surface area contributed by atoms with Gasteiger partial charge in [-0.3, -0.25) is 0 Å². The third kappa shape index (κ3) is 3.41. The summed E-state index contributed by atoms with van der Waals surface area (Å²) in [7, 11) is 0. The van der Waals surface area contributed by atoms with E-state index in [9.17, 15) is 0 Å². The van der Waals surface area contributed by atoms with Gasteiger partial charge in [-0.2, -0.15) is 0 Å². The summed E-state index contributed by atoms with van der Waals surface area (Å²) < 4.78 is 11.2. The molecular formula is C16H25NO2. The minimum Gasteiger partial charge on any atom is -0.490 e. The van der Waals surface area contributed by atoms with E-state index in [2.05, 4.69) is 12.1 Å². The highest BCUT2D eigenvalue weighted by molar-refractivity contribution is 5.44. The maximum atomic E-state index is 6.39. The molecule has 106 valence electrons. The van der Waals surface area contributed by atoms with E-state index in [4.69, 9.17) is 15.2 Å². The minimum atomic E-state index is 0.123. The van der Waals surface area contributed by atoms with E-state index in [-0.39, 0.29) is 6.04 Å². The first-order valence-corrected chi connectivity index (χ1v) is 7.41. The van der Waals surface area contributed by atoms with Crippen LogP contribution in [0.15, 0.2) is 18.2 Å². The van der Waals surface area contributed by atoms with Gasteiger partial charge in [0.1, 0.15) is 0 Å². The molecule has 0 saturated heterocycles. The SMILES string of the molecule is CCOc1ccc(C(N)C2CCCC2)cc1OCC. The molecule has 3 nitrogen and oxygen atoms in total. The zero-order chi connectivity index (χ0) is 13.7. The van der Waals surface area contributed by atoms with Crippen LogP contribution in [-0.4, -0.2) is 13.2 Å². The lowest BCUT2D eigenvalue weighted by Crippen LogP contribution is -2.19. The predicted molar refractivity (Wildman–Crippen MR) is 77.7 cm³/mol. The van der Waals surface area contributed by atoms with Crippen LogP contribution in [0.3, 0.4) is 0 Å². The largest absolute Gasteiger partial charge is 0.490 e. The van der Waals surface area contributed by atoms with Gasteiger partial charge in [0.2, 0.25) is 0 Å². The van der Waals surface area contributed by atoms with Crippen LogP contribution >= 0.6 is 0 Å². The first-order chi connectivity index (χ1) is 9.26. The Balaban J connectivity index is 2.18. The van der Waals surface area contributed by atoms with Gasteiger partial charge in [-0.15, -0.1) is 0 Å². The van der Waals surface area contributed by atoms with E-state index in [1.54, 1.807) is 0 Å². The van der Waals surface area contributed by atoms with Crippen molar-refractivity contribution in [1.82, 2.24) is 0 Å². The lowest BCUT2D eigenvalue weighted by molar-refractivity contribution is 0.287. The summed E-state index contributed by atoms with van der Waals surface area (Å²) >= 11 is 0. The fourth-order valence-electron chi connectivity index (χ4n) is 2.86. The van der Waals surface area contributed by atoms with Crippen LogP contribution in [0.4, 0.5) is 0 Å². The van der Waals surface area contributed by atoms with Gasteiger partial charge < -0.3 is 15.2 Å². The molecule has 0 radical (unpaired) electrons. The normalized spacial score (nSPS) is 17.4. The van der Waals surface area contributed by atoms with Gasteiger partial charge in [0.25, 0.3) is 0 Å². The fraction of sp³-hybridized carbons (Fsp3) is 0.625. The Bertz CT molecular complexity index is 400. The Morgan fingerprint density at radius 2 is 1.74 bits per heavy atom. The predicted octanol–water partition coefficient (Wildman–Crippen LogP) is 3.67. The van der Waals surface area contributed by atoms with Gasteiger partial charge in [-0.1, -0.05) is 18.9 Å². The number of ether oxygens (including phenoxy) is 2. The third-order valence-electron chi connectivity index (χ3n) is 3.86. The molecule has 0 aliphatic heterocycles. The Hall–Kier alpha value is -1.22. The molecule has 1 atom stereocenters. The van der Waals surface area contributed by atoms with E-state index in [1.165, 1.54) is 31.2 Å². The molecule has 1 aliphatic carbocycles. The van der Waals surface area contributed by atoms with Crippen molar-refractivity contribution in [2.45, 2.75) is 45.6 Å². The molecule has 1 aromatic carbocycles. The summed E-state index contributed by atoms with van der Waals surface area (Å²) in [6.45, 7) is 5.25. The van der Waals surface area contributed by atoms with Gasteiger partial charge in [0.05, 0.1) is 13.2 Å². The Kier molecular flexibility index (Phi) is 5.08. The van der Waals surface area contributed by atoms with Crippen molar-refractivity contribution in [3.05, 3.63) is 23.8 Å². The van der Waals surface area contributed by atoms with Gasteiger partial charge in [0.15, 0.2) is 11.5 Å². The van der Waals surface area contributed by atoms with E-state index in [0.29, 0.717) is 19.1 Å². The second-order valence-corrected chi connectivity index (χ2v) is 5.14. The molecule has 1 fully saturated rings. The molecule has 0 aromatic heterocycles. The summed E-state index contributed by atoms with van der Waals surface area (Å²) in [5.74, 6) is 2.24. The Morgan fingerprint density at radius 1 is 1.11 bits per heavy atom. The molecule has 0 heterocycles. The zero-order valence-electron chi connectivity index (χ0n) is 12.0. The first kappa shape index (κ1) is 14.2. The summed E-state index contributed by atoms with van der Waals surface area (Å²) in [5.41, 5.74) is 7.56. The van der Waals surface area contributed by atoms with Crippen LogP contribution in [0.2, 0.25) is 0 Å². The summed E-state index contributed by atoms with van der Waals surface area (Å²) in [6, 6.07) is 6.24. The van der Waals surface area contributed by atoms with Crippen LogP contribution in [-0.2, 0) is 0 Å². The summed E-state index contributed by atoms with van der Waals surface area (Å²) in [4.78, 5) is 0. The average molecular weight is 263 g/mol. The maximum Gasteiger partial charge on any atom is 0.161 e. The molecule has 2 N–H and O–H groups in total. The van der Waals surface area contributed by atoms with Crippen molar-refractivity contribution < 1.29 is 9.47 Å². The number of hydrogen-bond donors (Lipinski definition) is 1. The average Bonchev–Trinajstić information content (AvgIpc) is 2.94. The van der Waals surface area contributed by atoms with Crippen molar-refractivity contribution in [2.24, 2.45) is 11.7 Å². The maximum absolute atomic E-state index is 6.39. The van der Waals surface area contributed by atoms with Gasteiger partial charge in [-0.05, 0) is 50.3 Å². The van der Waals surface area contributed by atoms with Crippen LogP contribution in [0, 0.1) is 5.92 Å². The Labute approximate surface area is 116 Å². The van der Waals surface area contributed by atoms with Crippen molar-refractivity contribution in [3.8, 4) is 11.5 Å². The molecule has 1 unspecified atom stereocenters. The number of benzene rings is 1. The molecule has 2 rings (SSSR count). The molecule has 1 saturated carbocycles. The number of hydrogen-bond acceptors (Lipinski definition) is 3. The third-order valence-corrected chi connectivity index (χ3v) is 3.86. The highest BCUT2D eigenvalue weighted by Crippen LogP contribution is 2.37. The van der Waals surface area contributed by atoms with Crippen LogP contribution < -0.4 is 15.2 Å². The smallest absolute Gasteiger partial charge is 0.161 e. The van der Waals surface area contributed by atoms with Crippen molar-refractivity contribution in [2.75, 3.05) is 13.2 Å². The second-order valence-electron chi connectivity index (χ2n) is 5.14. The van der Waals surface area contributed by atoms with Crippen LogP contribution in [0.1, 0.15) is 51.1 Å². The summed E-state index contributed by atoms with van der Waals surface area (Å²) in [5, 5.41) is 0. The zero-order valence-corrected chi connectivity index (χ0v) is 12.0. The van der Waals surface area contributed by atoms with Crippen LogP contribution in [0.25, 0.3) is 0 Å². The van der Waals surface area contributed by atoms with Gasteiger partial charge in [0, 0.05) is 6.04 Å². The van der Waals surface area contributed by atoms with Crippen molar-refractivity contribution in [3.63, 3.8) is 0 Å². The summed E-state index contributed by atoms with van der Waals surface area (Å²) in [6.07, 6.45) is 5.12. The van der Waals surface area contributed by atoms with Crippen LogP contribution in [0.5, 0.6) is 11.5 Å². The lowest BCUT2D eigenvalue weighted by Gasteiger charge is -2.21.